The summed E-state index contributed by atoms with van der Waals surface area (Å²) in [7, 11) is 0. The Morgan fingerprint density at radius 3 is 2.74 bits per heavy atom. The maximum Gasteiger partial charge on any atom is 0.267 e. The average molecular weight is 466 g/mol. The van der Waals surface area contributed by atoms with E-state index in [-0.39, 0.29) is 12.5 Å². The van der Waals surface area contributed by atoms with E-state index < -0.39 is 17.9 Å². The molecule has 8 nitrogen and oxygen atoms in total. The van der Waals surface area contributed by atoms with Gasteiger partial charge in [-0.25, -0.2) is 15.0 Å². The number of aliphatic hydroxyl groups excluding tert-OH is 1. The number of aliphatic hydroxyl groups is 2. The number of halogens is 2. The second kappa shape index (κ2) is 8.71. The summed E-state index contributed by atoms with van der Waals surface area (Å²) < 4.78 is 25.9. The van der Waals surface area contributed by atoms with E-state index in [4.69, 9.17) is 4.98 Å². The van der Waals surface area contributed by atoms with E-state index >= 15 is 0 Å². The van der Waals surface area contributed by atoms with Crippen molar-refractivity contribution in [2.24, 2.45) is 0 Å². The van der Waals surface area contributed by atoms with Crippen LogP contribution in [0.15, 0.2) is 60.8 Å². The van der Waals surface area contributed by atoms with E-state index in [0.717, 1.165) is 11.3 Å². The number of nitrogens with one attached hydrogen (secondary N) is 1. The molecule has 1 aliphatic carbocycles. The quantitative estimate of drug-likeness (QED) is 0.495. The summed E-state index contributed by atoms with van der Waals surface area (Å²) in [6.45, 7) is 1.62. The lowest BCUT2D eigenvalue weighted by atomic mass is 9.98. The van der Waals surface area contributed by atoms with Crippen molar-refractivity contribution in [1.29, 1.82) is 0 Å². The van der Waals surface area contributed by atoms with Crippen LogP contribution in [-0.2, 0) is 12.0 Å². The Labute approximate surface area is 195 Å². The molecule has 0 bridgehead atoms. The topological polar surface area (TPSA) is 97.6 Å². The van der Waals surface area contributed by atoms with E-state index in [1.165, 1.54) is 16.2 Å². The Balaban J connectivity index is 1.59. The Morgan fingerprint density at radius 2 is 2.00 bits per heavy atom. The van der Waals surface area contributed by atoms with Gasteiger partial charge in [-0.05, 0) is 49.1 Å². The number of aromatic nitrogens is 3. The standard InChI is InChI=1S/C24H24F2N6O2/c1-2-24(34)12-10-15-8-9-19(29-20(15)24)32-21-17(22(33)31(32)13-11-18(25)26)14-27-23(30-21)28-16-6-4-3-5-7-16/h3-9,11,14,22,33-34H,2,10,12-13H2,1H3,(H,27,28,30)/t22?,24-/m1/s1. The van der Waals surface area contributed by atoms with Gasteiger partial charge in [0.05, 0.1) is 11.3 Å². The molecule has 1 aromatic carbocycles. The summed E-state index contributed by atoms with van der Waals surface area (Å²) in [5.74, 6) is 0.962. The minimum atomic E-state index is -1.86. The van der Waals surface area contributed by atoms with Crippen molar-refractivity contribution in [3.05, 3.63) is 77.6 Å². The van der Waals surface area contributed by atoms with Crippen LogP contribution < -0.4 is 10.3 Å². The number of hydrogen-bond acceptors (Lipinski definition) is 8. The molecule has 2 aromatic heterocycles. The highest BCUT2D eigenvalue weighted by Gasteiger charge is 2.41. The molecular weight excluding hydrogens is 442 g/mol. The van der Waals surface area contributed by atoms with Gasteiger partial charge in [-0.1, -0.05) is 31.2 Å². The van der Waals surface area contributed by atoms with Crippen LogP contribution in [0.1, 0.15) is 42.8 Å². The third-order valence-corrected chi connectivity index (χ3v) is 6.29. The van der Waals surface area contributed by atoms with Crippen LogP contribution >= 0.6 is 0 Å². The maximum absolute atomic E-state index is 13.0. The maximum atomic E-state index is 13.0. The van der Waals surface area contributed by atoms with Gasteiger partial charge in [-0.15, -0.1) is 0 Å². The summed E-state index contributed by atoms with van der Waals surface area (Å²) in [6, 6.07) is 13.0. The molecule has 3 N–H and O–H groups in total. The van der Waals surface area contributed by atoms with Crippen molar-refractivity contribution in [2.75, 3.05) is 16.9 Å². The number of para-hydroxylation sites is 1. The van der Waals surface area contributed by atoms with Crippen molar-refractivity contribution in [1.82, 2.24) is 20.0 Å². The van der Waals surface area contributed by atoms with Crippen molar-refractivity contribution in [3.8, 4) is 0 Å². The Hall–Kier alpha value is -3.47. The molecule has 176 valence electrons. The Morgan fingerprint density at radius 1 is 1.21 bits per heavy atom. The fraction of sp³-hybridized carbons (Fsp3) is 0.292. The number of hydrazine groups is 1. The van der Waals surface area contributed by atoms with E-state index in [1.807, 2.05) is 43.3 Å². The fourth-order valence-electron chi connectivity index (χ4n) is 4.42. The molecule has 0 spiro atoms. The molecule has 3 heterocycles. The van der Waals surface area contributed by atoms with Gasteiger partial charge in [0.15, 0.2) is 12.0 Å². The number of fused-ring (bicyclic) bond motifs is 2. The second-order valence-electron chi connectivity index (χ2n) is 8.33. The molecule has 34 heavy (non-hydrogen) atoms. The zero-order valence-corrected chi connectivity index (χ0v) is 18.5. The van der Waals surface area contributed by atoms with Gasteiger partial charge in [-0.3, -0.25) is 0 Å². The second-order valence-corrected chi connectivity index (χ2v) is 8.33. The van der Waals surface area contributed by atoms with Crippen LogP contribution in [0.25, 0.3) is 0 Å². The molecule has 2 aliphatic rings. The first-order valence-corrected chi connectivity index (χ1v) is 11.1. The third-order valence-electron chi connectivity index (χ3n) is 6.29. The Kier molecular flexibility index (Phi) is 5.72. The average Bonchev–Trinajstić information content (AvgIpc) is 3.32. The molecule has 0 radical (unpaired) electrons. The number of nitrogens with zero attached hydrogens (tertiary/aromatic N) is 5. The van der Waals surface area contributed by atoms with Crippen molar-refractivity contribution in [3.63, 3.8) is 0 Å². The van der Waals surface area contributed by atoms with Crippen LogP contribution in [0.2, 0.25) is 0 Å². The van der Waals surface area contributed by atoms with Crippen LogP contribution in [0.5, 0.6) is 0 Å². The predicted octanol–water partition coefficient (Wildman–Crippen LogP) is 4.30. The first-order valence-electron chi connectivity index (χ1n) is 11.1. The van der Waals surface area contributed by atoms with Crippen LogP contribution in [0.3, 0.4) is 0 Å². The summed E-state index contributed by atoms with van der Waals surface area (Å²) in [6.07, 6.45) is 0.854. The molecule has 0 saturated carbocycles. The SMILES string of the molecule is CC[C@@]1(O)CCc2ccc(N3c4nc(Nc5ccccc5)ncc4C(O)N3CC=C(F)F)nc21. The molecule has 2 atom stereocenters. The zero-order chi connectivity index (χ0) is 23.9. The van der Waals surface area contributed by atoms with Crippen LogP contribution in [0, 0.1) is 0 Å². The minimum Gasteiger partial charge on any atom is -0.384 e. The molecule has 10 heteroatoms. The summed E-state index contributed by atoms with van der Waals surface area (Å²) in [5, 5.41) is 27.9. The van der Waals surface area contributed by atoms with E-state index in [9.17, 15) is 19.0 Å². The number of benzene rings is 1. The number of rotatable bonds is 6. The lowest BCUT2D eigenvalue weighted by Gasteiger charge is -2.30. The summed E-state index contributed by atoms with van der Waals surface area (Å²) in [4.78, 5) is 13.6. The third kappa shape index (κ3) is 3.89. The highest BCUT2D eigenvalue weighted by molar-refractivity contribution is 5.65. The minimum absolute atomic E-state index is 0.280. The molecule has 0 fully saturated rings. The van der Waals surface area contributed by atoms with Crippen LogP contribution in [0.4, 0.5) is 32.1 Å². The van der Waals surface area contributed by atoms with Gasteiger partial charge in [0, 0.05) is 18.4 Å². The van der Waals surface area contributed by atoms with Gasteiger partial charge >= 0.3 is 0 Å². The molecule has 0 amide bonds. The van der Waals surface area contributed by atoms with E-state index in [1.54, 1.807) is 6.07 Å². The van der Waals surface area contributed by atoms with Gasteiger partial charge in [0.25, 0.3) is 6.08 Å². The van der Waals surface area contributed by atoms with E-state index in [2.05, 4.69) is 15.3 Å². The van der Waals surface area contributed by atoms with Gasteiger partial charge in [0.2, 0.25) is 5.95 Å². The monoisotopic (exact) mass is 466 g/mol. The number of hydrogen-bond donors (Lipinski definition) is 3. The lowest BCUT2D eigenvalue weighted by molar-refractivity contribution is 0.0229. The molecular formula is C24H24F2N6O2. The first-order chi connectivity index (χ1) is 16.4. The summed E-state index contributed by atoms with van der Waals surface area (Å²) >= 11 is 0. The molecule has 0 saturated heterocycles. The van der Waals surface area contributed by atoms with Gasteiger partial charge in [0.1, 0.15) is 11.4 Å². The van der Waals surface area contributed by atoms with Crippen molar-refractivity contribution in [2.45, 2.75) is 38.0 Å². The normalized spacial score (nSPS) is 21.3. The number of aryl methyl sites for hydroxylation is 1. The highest BCUT2D eigenvalue weighted by atomic mass is 19.3. The van der Waals surface area contributed by atoms with Crippen LogP contribution in [-0.4, -0.2) is 36.7 Å². The predicted molar refractivity (Wildman–Crippen MR) is 123 cm³/mol. The highest BCUT2D eigenvalue weighted by Crippen LogP contribution is 2.44. The molecule has 3 aromatic rings. The summed E-state index contributed by atoms with van der Waals surface area (Å²) in [5.41, 5.74) is 1.60. The van der Waals surface area contributed by atoms with Crippen molar-refractivity contribution >= 4 is 23.3 Å². The smallest absolute Gasteiger partial charge is 0.267 e. The van der Waals surface area contributed by atoms with Gasteiger partial charge < -0.3 is 15.5 Å². The Bertz CT molecular complexity index is 1240. The first kappa shape index (κ1) is 22.3. The molecule has 1 aliphatic heterocycles. The largest absolute Gasteiger partial charge is 0.384 e. The zero-order valence-electron chi connectivity index (χ0n) is 18.5. The fourth-order valence-corrected chi connectivity index (χ4v) is 4.42. The van der Waals surface area contributed by atoms with Crippen molar-refractivity contribution < 1.29 is 19.0 Å². The van der Waals surface area contributed by atoms with Gasteiger partial charge in [-0.2, -0.15) is 18.8 Å². The lowest BCUT2D eigenvalue weighted by Crippen LogP contribution is -2.38. The number of pyridine rings is 1. The molecule has 5 rings (SSSR count). The van der Waals surface area contributed by atoms with E-state index in [0.29, 0.717) is 48.2 Å². The number of anilines is 4. The molecule has 1 unspecified atom stereocenters.